The van der Waals surface area contributed by atoms with Crippen LogP contribution in [0.15, 0.2) is 65.0 Å². The molecule has 2 nitrogen and oxygen atoms in total. The molecule has 0 radical (unpaired) electrons. The van der Waals surface area contributed by atoms with E-state index >= 15 is 0 Å². The Morgan fingerprint density at radius 3 is 2.64 bits per heavy atom. The summed E-state index contributed by atoms with van der Waals surface area (Å²) in [7, 11) is 0. The number of amidine groups is 1. The van der Waals surface area contributed by atoms with Crippen LogP contribution in [0.1, 0.15) is 43.4 Å². The Morgan fingerprint density at radius 1 is 1.08 bits per heavy atom. The van der Waals surface area contributed by atoms with Crippen LogP contribution in [0.25, 0.3) is 0 Å². The predicted octanol–water partition coefficient (Wildman–Crippen LogP) is 6.84. The maximum absolute atomic E-state index is 6.30. The Hall–Kier alpha value is -1.71. The van der Waals surface area contributed by atoms with E-state index in [0.29, 0.717) is 0 Å². The van der Waals surface area contributed by atoms with Crippen molar-refractivity contribution in [3.8, 4) is 0 Å². The molecule has 1 aliphatic heterocycles. The van der Waals surface area contributed by atoms with Gasteiger partial charge in [-0.1, -0.05) is 73.5 Å². The molecule has 0 bridgehead atoms. The molecule has 0 fully saturated rings. The molecule has 0 amide bonds. The van der Waals surface area contributed by atoms with Crippen molar-refractivity contribution in [2.75, 3.05) is 5.32 Å². The minimum atomic E-state index is -0.0363. The smallest absolute Gasteiger partial charge is 0.166 e. The lowest BCUT2D eigenvalue weighted by Crippen LogP contribution is -2.11. The number of rotatable bonds is 6. The van der Waals surface area contributed by atoms with E-state index in [0.717, 1.165) is 27.9 Å². The lowest BCUT2D eigenvalue weighted by atomic mass is 10.1. The van der Waals surface area contributed by atoms with Crippen molar-refractivity contribution >= 4 is 34.2 Å². The highest BCUT2D eigenvalue weighted by atomic mass is 35.5. The van der Waals surface area contributed by atoms with E-state index in [1.165, 1.54) is 24.8 Å². The largest absolute Gasteiger partial charge is 0.335 e. The predicted molar refractivity (Wildman–Crippen MR) is 112 cm³/mol. The summed E-state index contributed by atoms with van der Waals surface area (Å²) in [5, 5.41) is 7.13. The third-order valence-electron chi connectivity index (χ3n) is 4.19. The van der Waals surface area contributed by atoms with Crippen LogP contribution in [0.2, 0.25) is 5.02 Å². The number of anilines is 1. The average molecular weight is 371 g/mol. The van der Waals surface area contributed by atoms with Crippen LogP contribution in [0.3, 0.4) is 0 Å². The van der Waals surface area contributed by atoms with Gasteiger partial charge in [-0.3, -0.25) is 0 Å². The van der Waals surface area contributed by atoms with E-state index in [1.54, 1.807) is 11.8 Å². The number of aliphatic imine (C=N–C) groups is 1. The summed E-state index contributed by atoms with van der Waals surface area (Å²) in [6.45, 7) is 2.24. The lowest BCUT2D eigenvalue weighted by molar-refractivity contribution is 0.717. The molecule has 3 rings (SSSR count). The first kappa shape index (κ1) is 18.1. The van der Waals surface area contributed by atoms with Crippen LogP contribution in [-0.4, -0.2) is 5.17 Å². The number of nitrogens with one attached hydrogen (secondary N) is 1. The van der Waals surface area contributed by atoms with Crippen LogP contribution in [-0.2, 0) is 6.42 Å². The summed E-state index contributed by atoms with van der Waals surface area (Å²) in [4.78, 5) is 4.79. The number of thioether (sulfide) groups is 1. The first-order chi connectivity index (χ1) is 12.3. The van der Waals surface area contributed by atoms with Crippen LogP contribution < -0.4 is 5.32 Å². The van der Waals surface area contributed by atoms with Crippen LogP contribution in [0.5, 0.6) is 0 Å². The van der Waals surface area contributed by atoms with Gasteiger partial charge in [0, 0.05) is 10.7 Å². The Balaban J connectivity index is 1.65. The van der Waals surface area contributed by atoms with Crippen molar-refractivity contribution in [2.24, 2.45) is 4.99 Å². The maximum Gasteiger partial charge on any atom is 0.166 e. The number of nitrogens with zero attached hydrogens (tertiary/aromatic N) is 1. The summed E-state index contributed by atoms with van der Waals surface area (Å²) in [6.07, 6.45) is 7.05. The molecular weight excluding hydrogens is 348 g/mol. The number of halogens is 1. The molecule has 25 heavy (non-hydrogen) atoms. The normalized spacial score (nSPS) is 16.6. The van der Waals surface area contributed by atoms with E-state index in [2.05, 4.69) is 48.0 Å². The molecule has 2 aromatic rings. The Kier molecular flexibility index (Phi) is 6.60. The van der Waals surface area contributed by atoms with Crippen molar-refractivity contribution in [2.45, 2.75) is 38.6 Å². The molecule has 0 saturated carbocycles. The van der Waals surface area contributed by atoms with Gasteiger partial charge in [0.05, 0.1) is 6.04 Å². The van der Waals surface area contributed by atoms with E-state index in [-0.39, 0.29) is 6.04 Å². The van der Waals surface area contributed by atoms with Gasteiger partial charge in [0.1, 0.15) is 0 Å². The number of unbranched alkanes of at least 4 members (excludes halogenated alkanes) is 2. The zero-order valence-electron chi connectivity index (χ0n) is 14.4. The average Bonchev–Trinajstić information content (AvgIpc) is 2.64. The van der Waals surface area contributed by atoms with Crippen molar-refractivity contribution in [3.63, 3.8) is 0 Å². The SMILES string of the molecule is CCCCCc1ccc(NC2=NC(c3ccccc3Cl)C=CS2)cc1. The molecule has 2 aromatic carbocycles. The Bertz CT molecular complexity index is 753. The molecule has 1 unspecified atom stereocenters. The third kappa shape index (κ3) is 5.13. The van der Waals surface area contributed by atoms with Gasteiger partial charge in [0.25, 0.3) is 0 Å². The van der Waals surface area contributed by atoms with E-state index in [1.807, 2.05) is 24.3 Å². The second kappa shape index (κ2) is 9.12. The Labute approximate surface area is 159 Å². The monoisotopic (exact) mass is 370 g/mol. The standard InChI is InChI=1S/C21H23ClN2S/c1-2-3-4-7-16-10-12-17(13-11-16)23-21-24-20(14-15-25-21)18-8-5-6-9-19(18)22/h5-6,8-15,20H,2-4,7H2,1H3,(H,23,24). The van der Waals surface area contributed by atoms with Gasteiger partial charge in [-0.25, -0.2) is 4.99 Å². The van der Waals surface area contributed by atoms with Gasteiger partial charge < -0.3 is 5.32 Å². The molecule has 0 aliphatic carbocycles. The zero-order valence-corrected chi connectivity index (χ0v) is 16.0. The molecule has 1 heterocycles. The van der Waals surface area contributed by atoms with Gasteiger partial charge in [-0.15, -0.1) is 0 Å². The lowest BCUT2D eigenvalue weighted by Gasteiger charge is -2.17. The van der Waals surface area contributed by atoms with Crippen molar-refractivity contribution < 1.29 is 0 Å². The summed E-state index contributed by atoms with van der Waals surface area (Å²) < 4.78 is 0. The molecule has 0 aromatic heterocycles. The summed E-state index contributed by atoms with van der Waals surface area (Å²) >= 11 is 7.90. The number of hydrogen-bond donors (Lipinski definition) is 1. The molecule has 1 N–H and O–H groups in total. The number of benzene rings is 2. The van der Waals surface area contributed by atoms with Crippen molar-refractivity contribution in [1.82, 2.24) is 0 Å². The van der Waals surface area contributed by atoms with E-state index in [4.69, 9.17) is 16.6 Å². The van der Waals surface area contributed by atoms with Gasteiger partial charge in [-0.05, 0) is 53.7 Å². The number of aryl methyl sites for hydroxylation is 1. The fraction of sp³-hybridized carbons (Fsp3) is 0.286. The molecule has 1 atom stereocenters. The fourth-order valence-corrected chi connectivity index (χ4v) is 3.74. The summed E-state index contributed by atoms with van der Waals surface area (Å²) in [5.41, 5.74) is 3.50. The van der Waals surface area contributed by atoms with Crippen LogP contribution in [0.4, 0.5) is 5.69 Å². The van der Waals surface area contributed by atoms with Gasteiger partial charge in [0.2, 0.25) is 0 Å². The first-order valence-corrected chi connectivity index (χ1v) is 10.0. The second-order valence-electron chi connectivity index (χ2n) is 6.13. The highest BCUT2D eigenvalue weighted by Gasteiger charge is 2.15. The van der Waals surface area contributed by atoms with Crippen LogP contribution in [0, 0.1) is 0 Å². The molecule has 4 heteroatoms. The van der Waals surface area contributed by atoms with Crippen molar-refractivity contribution in [3.05, 3.63) is 76.2 Å². The second-order valence-corrected chi connectivity index (χ2v) is 7.43. The fourth-order valence-electron chi connectivity index (χ4n) is 2.79. The highest BCUT2D eigenvalue weighted by Crippen LogP contribution is 2.31. The summed E-state index contributed by atoms with van der Waals surface area (Å²) in [6, 6.07) is 16.5. The van der Waals surface area contributed by atoms with Gasteiger partial charge >= 0.3 is 0 Å². The van der Waals surface area contributed by atoms with Crippen molar-refractivity contribution in [1.29, 1.82) is 0 Å². The molecular formula is C21H23ClN2S. The number of hydrogen-bond acceptors (Lipinski definition) is 3. The highest BCUT2D eigenvalue weighted by molar-refractivity contribution is 8.16. The molecule has 0 spiro atoms. The van der Waals surface area contributed by atoms with Gasteiger partial charge in [0.15, 0.2) is 5.17 Å². The van der Waals surface area contributed by atoms with E-state index < -0.39 is 0 Å². The first-order valence-electron chi connectivity index (χ1n) is 8.78. The summed E-state index contributed by atoms with van der Waals surface area (Å²) in [5.74, 6) is 0. The minimum Gasteiger partial charge on any atom is -0.335 e. The van der Waals surface area contributed by atoms with Crippen LogP contribution >= 0.6 is 23.4 Å². The zero-order chi connectivity index (χ0) is 17.5. The topological polar surface area (TPSA) is 24.4 Å². The third-order valence-corrected chi connectivity index (χ3v) is 5.26. The Morgan fingerprint density at radius 2 is 1.88 bits per heavy atom. The van der Waals surface area contributed by atoms with E-state index in [9.17, 15) is 0 Å². The quantitative estimate of drug-likeness (QED) is 0.562. The molecule has 0 saturated heterocycles. The molecule has 130 valence electrons. The maximum atomic E-state index is 6.30. The van der Waals surface area contributed by atoms with Gasteiger partial charge in [-0.2, -0.15) is 0 Å². The molecule has 1 aliphatic rings. The minimum absolute atomic E-state index is 0.0363.